The normalized spacial score (nSPS) is 26.7. The Morgan fingerprint density at radius 2 is 1.91 bits per heavy atom. The molecule has 4 heterocycles. The van der Waals surface area contributed by atoms with E-state index < -0.39 is 34.6 Å². The predicted molar refractivity (Wildman–Crippen MR) is 185 cm³/mol. The van der Waals surface area contributed by atoms with Crippen LogP contribution in [0.15, 0.2) is 79.9 Å². The molecular weight excluding hydrogens is 682 g/mol. The maximum Gasteiger partial charge on any atom is 0.310 e. The van der Waals surface area contributed by atoms with E-state index in [0.29, 0.717) is 24.8 Å². The summed E-state index contributed by atoms with van der Waals surface area (Å²) in [6, 6.07) is 15.5. The molecule has 0 radical (unpaired) electrons. The van der Waals surface area contributed by atoms with Gasteiger partial charge in [-0.1, -0.05) is 75.8 Å². The second kappa shape index (κ2) is 14.3. The van der Waals surface area contributed by atoms with Gasteiger partial charge in [-0.15, -0.1) is 30.0 Å². The van der Waals surface area contributed by atoms with Crippen LogP contribution in [0.5, 0.6) is 0 Å². The molecule has 3 aromatic rings. The van der Waals surface area contributed by atoms with E-state index in [1.165, 1.54) is 0 Å². The number of benzene rings is 2. The number of hydrogen-bond acceptors (Lipinski definition) is 8. The lowest BCUT2D eigenvalue weighted by atomic mass is 9.71. The number of ether oxygens (including phenoxy) is 1. The lowest BCUT2D eigenvalue weighted by Gasteiger charge is -2.39. The third kappa shape index (κ3) is 6.15. The van der Waals surface area contributed by atoms with Crippen LogP contribution in [0.2, 0.25) is 0 Å². The summed E-state index contributed by atoms with van der Waals surface area (Å²) in [5.41, 5.74) is 2.41. The molecule has 10 nitrogen and oxygen atoms in total. The van der Waals surface area contributed by atoms with Crippen LogP contribution in [0.25, 0.3) is 11.0 Å². The third-order valence-electron chi connectivity index (χ3n) is 9.58. The summed E-state index contributed by atoms with van der Waals surface area (Å²) in [6.45, 7) is 7.88. The van der Waals surface area contributed by atoms with Crippen LogP contribution in [0.4, 0.5) is 0 Å². The Morgan fingerprint density at radius 3 is 2.66 bits per heavy atom. The summed E-state index contributed by atoms with van der Waals surface area (Å²) < 4.78 is 6.55. The first kappa shape index (κ1) is 33.4. The number of aliphatic hydroxyl groups is 1. The minimum absolute atomic E-state index is 0.0924. The van der Waals surface area contributed by atoms with E-state index >= 15 is 0 Å². The molecule has 1 aromatic heterocycles. The third-order valence-corrected chi connectivity index (χ3v) is 12.8. The Balaban J connectivity index is 1.37. The van der Waals surface area contributed by atoms with Crippen molar-refractivity contribution >= 4 is 56.5 Å². The molecule has 7 atom stereocenters. The van der Waals surface area contributed by atoms with Gasteiger partial charge in [0, 0.05) is 16.6 Å². The molecule has 2 aromatic carbocycles. The number of esters is 1. The monoisotopic (exact) mass is 721 g/mol. The fourth-order valence-corrected chi connectivity index (χ4v) is 11.1. The minimum Gasteiger partial charge on any atom is -0.465 e. The molecule has 12 heteroatoms. The molecule has 0 aliphatic carbocycles. The SMILES string of the molecule is C=CCCCCOC(=O)[C@H]1[C@@H]2SC3(CC2Br)C(C(=O)N(CC=C)Cn2nnc4ccccc42)N([C@@H](CO)Cc2ccccc2)C(=O)[C@H]13. The predicted octanol–water partition coefficient (Wildman–Crippen LogP) is 4.37. The molecule has 0 saturated carbocycles. The molecule has 2 bridgehead atoms. The molecule has 3 saturated heterocycles. The van der Waals surface area contributed by atoms with E-state index in [1.54, 1.807) is 32.3 Å². The molecule has 2 amide bonds. The number of halogens is 1. The number of unbranched alkanes of at least 4 members (excludes halogenated alkanes) is 2. The summed E-state index contributed by atoms with van der Waals surface area (Å²) >= 11 is 5.38. The van der Waals surface area contributed by atoms with E-state index in [0.717, 1.165) is 23.9 Å². The Kier molecular flexibility index (Phi) is 10.2. The Hall–Kier alpha value is -3.48. The molecule has 6 rings (SSSR count). The summed E-state index contributed by atoms with van der Waals surface area (Å²) in [7, 11) is 0. The van der Waals surface area contributed by atoms with Crippen molar-refractivity contribution in [2.75, 3.05) is 19.8 Å². The van der Waals surface area contributed by atoms with E-state index in [9.17, 15) is 19.5 Å². The number of aliphatic hydroxyl groups excluding tert-OH is 1. The number of carbonyl (C=O) groups is 3. The van der Waals surface area contributed by atoms with Gasteiger partial charge < -0.3 is 19.6 Å². The number of alkyl halides is 1. The van der Waals surface area contributed by atoms with Crippen LogP contribution < -0.4 is 0 Å². The van der Waals surface area contributed by atoms with Crippen molar-refractivity contribution in [2.24, 2.45) is 11.8 Å². The molecule has 248 valence electrons. The molecule has 1 spiro atoms. The van der Waals surface area contributed by atoms with Gasteiger partial charge in [-0.2, -0.15) is 0 Å². The number of hydrogen-bond donors (Lipinski definition) is 1. The van der Waals surface area contributed by atoms with Gasteiger partial charge in [0.25, 0.3) is 0 Å². The average molecular weight is 723 g/mol. The first-order valence-electron chi connectivity index (χ1n) is 16.1. The molecule has 3 unspecified atom stereocenters. The van der Waals surface area contributed by atoms with Gasteiger partial charge in [0.1, 0.15) is 18.2 Å². The highest BCUT2D eigenvalue weighted by molar-refractivity contribution is 9.09. The fourth-order valence-electron chi connectivity index (χ4n) is 7.54. The topological polar surface area (TPSA) is 118 Å². The van der Waals surface area contributed by atoms with Crippen LogP contribution in [0, 0.1) is 11.8 Å². The van der Waals surface area contributed by atoms with E-state index in [2.05, 4.69) is 39.4 Å². The number of allylic oxidation sites excluding steroid dienone is 1. The smallest absolute Gasteiger partial charge is 0.310 e. The van der Waals surface area contributed by atoms with Crippen LogP contribution >= 0.6 is 27.7 Å². The molecular formula is C35H40BrN5O5S. The lowest BCUT2D eigenvalue weighted by Crippen LogP contribution is -2.58. The quantitative estimate of drug-likeness (QED) is 0.106. The summed E-state index contributed by atoms with van der Waals surface area (Å²) in [6.07, 6.45) is 6.76. The van der Waals surface area contributed by atoms with Gasteiger partial charge in [0.15, 0.2) is 0 Å². The van der Waals surface area contributed by atoms with E-state index in [1.807, 2.05) is 60.7 Å². The Labute approximate surface area is 287 Å². The number of aromatic nitrogens is 3. The van der Waals surface area contributed by atoms with E-state index in [4.69, 9.17) is 4.74 Å². The zero-order chi connectivity index (χ0) is 33.1. The molecule has 3 fully saturated rings. The second-order valence-corrected chi connectivity index (χ2v) is 15.2. The highest BCUT2D eigenvalue weighted by atomic mass is 79.9. The number of amides is 2. The van der Waals surface area contributed by atoms with Crippen LogP contribution in [0.1, 0.15) is 31.2 Å². The van der Waals surface area contributed by atoms with Crippen LogP contribution in [-0.2, 0) is 32.2 Å². The maximum atomic E-state index is 15.0. The van der Waals surface area contributed by atoms with Gasteiger partial charge >= 0.3 is 5.97 Å². The number of carbonyl (C=O) groups excluding carboxylic acids is 3. The second-order valence-electron chi connectivity index (χ2n) is 12.5. The van der Waals surface area contributed by atoms with Gasteiger partial charge in [-0.05, 0) is 49.8 Å². The Bertz CT molecular complexity index is 1640. The number of thioether (sulfide) groups is 1. The molecule has 1 N–H and O–H groups in total. The number of likely N-dealkylation sites (tertiary alicyclic amines) is 1. The molecule has 3 aliphatic heterocycles. The zero-order valence-electron chi connectivity index (χ0n) is 26.2. The van der Waals surface area contributed by atoms with Crippen molar-refractivity contribution in [3.8, 4) is 0 Å². The largest absolute Gasteiger partial charge is 0.465 e. The highest BCUT2D eigenvalue weighted by Crippen LogP contribution is 2.68. The summed E-state index contributed by atoms with van der Waals surface area (Å²) in [5, 5.41) is 19.2. The maximum absolute atomic E-state index is 15.0. The van der Waals surface area contributed by atoms with Gasteiger partial charge in [-0.3, -0.25) is 14.4 Å². The van der Waals surface area contributed by atoms with Crippen molar-refractivity contribution < 1.29 is 24.2 Å². The molecule has 3 aliphatic rings. The fraction of sp³-hybridized carbons (Fsp3) is 0.457. The number of nitrogens with zero attached hydrogens (tertiary/aromatic N) is 5. The number of para-hydroxylation sites is 1. The van der Waals surface area contributed by atoms with Crippen molar-refractivity contribution in [3.05, 3.63) is 85.5 Å². The van der Waals surface area contributed by atoms with Gasteiger partial charge in [0.05, 0.1) is 41.4 Å². The van der Waals surface area contributed by atoms with Crippen molar-refractivity contribution in [3.63, 3.8) is 0 Å². The van der Waals surface area contributed by atoms with Crippen LogP contribution in [0.3, 0.4) is 0 Å². The first-order valence-corrected chi connectivity index (χ1v) is 17.9. The van der Waals surface area contributed by atoms with Crippen molar-refractivity contribution in [1.82, 2.24) is 24.8 Å². The summed E-state index contributed by atoms with van der Waals surface area (Å²) in [5.74, 6) is -2.44. The first-order chi connectivity index (χ1) is 22.8. The highest BCUT2D eigenvalue weighted by Gasteiger charge is 2.76. The molecule has 47 heavy (non-hydrogen) atoms. The van der Waals surface area contributed by atoms with Gasteiger partial charge in [0.2, 0.25) is 11.8 Å². The summed E-state index contributed by atoms with van der Waals surface area (Å²) in [4.78, 5) is 46.6. The standard InChI is InChI=1S/C35H40BrN5O5S/c1-3-5-6-12-18-46-34(45)28-29-32(43)41(24(21-42)19-23-13-8-7-9-14-23)31(35(29)20-25(36)30(28)47-35)33(44)39(17-4-2)22-40-27-16-11-10-15-26(27)37-38-40/h3-4,7-11,13-16,24-25,28-31,42H,1-2,5-6,12,17-22H2/t24-,25?,28-,29+,30-,31?,35?/m1/s1. The lowest BCUT2D eigenvalue weighted by molar-refractivity contribution is -0.154. The number of fused-ring (bicyclic) bond motifs is 2. The average Bonchev–Trinajstić information content (AvgIpc) is 3.80. The Morgan fingerprint density at radius 1 is 1.15 bits per heavy atom. The zero-order valence-corrected chi connectivity index (χ0v) is 28.6. The van der Waals surface area contributed by atoms with Crippen molar-refractivity contribution in [2.45, 2.75) is 65.7 Å². The van der Waals surface area contributed by atoms with E-state index in [-0.39, 0.29) is 48.3 Å². The van der Waals surface area contributed by atoms with Crippen molar-refractivity contribution in [1.29, 1.82) is 0 Å². The van der Waals surface area contributed by atoms with Crippen LogP contribution in [-0.4, -0.2) is 94.4 Å². The minimum atomic E-state index is -0.934. The van der Waals surface area contributed by atoms with Gasteiger partial charge in [-0.25, -0.2) is 4.68 Å². The number of rotatable bonds is 15.